The van der Waals surface area contributed by atoms with Crippen molar-refractivity contribution < 1.29 is 19.4 Å². The van der Waals surface area contributed by atoms with Gasteiger partial charge in [-0.1, -0.05) is 11.6 Å². The topological polar surface area (TPSA) is 114 Å². The van der Waals surface area contributed by atoms with Crippen LogP contribution in [0.15, 0.2) is 17.2 Å². The number of rotatable bonds is 3. The number of methoxy groups -OCH3 is 1. The van der Waals surface area contributed by atoms with E-state index in [0.717, 1.165) is 6.21 Å². The van der Waals surface area contributed by atoms with Gasteiger partial charge in [-0.05, 0) is 6.07 Å². The number of ether oxygens (including phenoxy) is 1. The first-order chi connectivity index (χ1) is 8.45. The van der Waals surface area contributed by atoms with Crippen molar-refractivity contribution in [2.75, 3.05) is 7.11 Å². The minimum absolute atomic E-state index is 0.158. The molecule has 4 N–H and O–H groups in total. The van der Waals surface area contributed by atoms with Crippen LogP contribution in [-0.4, -0.2) is 30.2 Å². The molecule has 0 saturated carbocycles. The Labute approximate surface area is 107 Å². The molecule has 0 spiro atoms. The van der Waals surface area contributed by atoms with Crippen LogP contribution >= 0.6 is 11.6 Å². The van der Waals surface area contributed by atoms with Crippen LogP contribution < -0.4 is 15.9 Å². The maximum atomic E-state index is 10.8. The summed E-state index contributed by atoms with van der Waals surface area (Å²) in [6, 6.07) is 2.82. The molecule has 0 aliphatic heterocycles. The van der Waals surface area contributed by atoms with Crippen LogP contribution in [0.4, 0.5) is 0 Å². The van der Waals surface area contributed by atoms with Gasteiger partial charge in [0.1, 0.15) is 0 Å². The van der Waals surface area contributed by atoms with Gasteiger partial charge in [0.2, 0.25) is 0 Å². The van der Waals surface area contributed by atoms with Gasteiger partial charge < -0.3 is 15.6 Å². The van der Waals surface area contributed by atoms with Gasteiger partial charge in [0.05, 0.1) is 13.3 Å². The molecule has 0 aromatic heterocycles. The first-order valence-corrected chi connectivity index (χ1v) is 5.03. The Morgan fingerprint density at radius 3 is 2.78 bits per heavy atom. The highest BCUT2D eigenvalue weighted by Gasteiger charge is 2.09. The lowest BCUT2D eigenvalue weighted by Crippen LogP contribution is -2.32. The lowest BCUT2D eigenvalue weighted by Gasteiger charge is -2.06. The highest BCUT2D eigenvalue weighted by Crippen LogP contribution is 2.32. The number of halogens is 1. The van der Waals surface area contributed by atoms with Crippen LogP contribution in [0.25, 0.3) is 0 Å². The van der Waals surface area contributed by atoms with E-state index >= 15 is 0 Å². The predicted octanol–water partition coefficient (Wildman–Crippen LogP) is -0.0104. The van der Waals surface area contributed by atoms with Crippen molar-refractivity contribution in [2.24, 2.45) is 10.8 Å². The Morgan fingerprint density at radius 1 is 1.56 bits per heavy atom. The van der Waals surface area contributed by atoms with Crippen LogP contribution in [0, 0.1) is 0 Å². The maximum Gasteiger partial charge on any atom is 0.329 e. The zero-order valence-corrected chi connectivity index (χ0v) is 10.1. The standard InChI is InChI=1S/C10H10ClN3O4/c1-18-7-3-6(11)2-5(8(7)15)4-13-14-10(17)9(12)16/h2-4,15H,1H3,(H2,12,16)(H,14,17)/b13-4-. The first kappa shape index (κ1) is 13.8. The summed E-state index contributed by atoms with van der Waals surface area (Å²) in [5, 5.41) is 13.5. The largest absolute Gasteiger partial charge is 0.504 e. The van der Waals surface area contributed by atoms with Crippen LogP contribution in [0.2, 0.25) is 5.02 Å². The number of hydrogen-bond donors (Lipinski definition) is 3. The zero-order chi connectivity index (χ0) is 13.7. The number of carbonyl (C=O) groups is 2. The average Bonchev–Trinajstić information content (AvgIpc) is 2.32. The van der Waals surface area contributed by atoms with Gasteiger partial charge in [0, 0.05) is 16.7 Å². The number of phenolic OH excluding ortho intramolecular Hbond substituents is 1. The third-order valence-electron chi connectivity index (χ3n) is 1.88. The second-order valence-electron chi connectivity index (χ2n) is 3.11. The summed E-state index contributed by atoms with van der Waals surface area (Å²) >= 11 is 5.78. The Morgan fingerprint density at radius 2 is 2.22 bits per heavy atom. The predicted molar refractivity (Wildman–Crippen MR) is 64.6 cm³/mol. The van der Waals surface area contributed by atoms with Gasteiger partial charge in [0.25, 0.3) is 0 Å². The molecule has 1 aromatic carbocycles. The van der Waals surface area contributed by atoms with Crippen LogP contribution in [0.3, 0.4) is 0 Å². The van der Waals surface area contributed by atoms with Gasteiger partial charge in [-0.15, -0.1) is 0 Å². The molecule has 8 heteroatoms. The summed E-state index contributed by atoms with van der Waals surface area (Å²) in [5.74, 6) is -2.27. The van der Waals surface area contributed by atoms with Crippen LogP contribution in [0.1, 0.15) is 5.56 Å². The SMILES string of the molecule is COc1cc(Cl)cc(/C=N\NC(=O)C(N)=O)c1O. The summed E-state index contributed by atoms with van der Waals surface area (Å²) in [6.45, 7) is 0. The number of nitrogens with two attached hydrogens (primary N) is 1. The number of carbonyl (C=O) groups excluding carboxylic acids is 2. The molecule has 0 unspecified atom stereocenters. The van der Waals surface area contributed by atoms with E-state index in [2.05, 4.69) is 5.10 Å². The number of primary amides is 1. The molecule has 0 heterocycles. The van der Waals surface area contributed by atoms with E-state index < -0.39 is 11.8 Å². The zero-order valence-electron chi connectivity index (χ0n) is 9.31. The molecule has 1 aromatic rings. The van der Waals surface area contributed by atoms with Crippen molar-refractivity contribution in [3.63, 3.8) is 0 Å². The molecule has 0 radical (unpaired) electrons. The molecule has 0 bridgehead atoms. The van der Waals surface area contributed by atoms with Gasteiger partial charge in [-0.25, -0.2) is 5.43 Å². The number of amides is 2. The van der Waals surface area contributed by atoms with Crippen molar-refractivity contribution in [2.45, 2.75) is 0 Å². The van der Waals surface area contributed by atoms with Crippen molar-refractivity contribution in [1.29, 1.82) is 0 Å². The molecular weight excluding hydrogens is 262 g/mol. The Hall–Kier alpha value is -2.28. The number of aromatic hydroxyl groups is 1. The van der Waals surface area contributed by atoms with Gasteiger partial charge in [-0.3, -0.25) is 9.59 Å². The van der Waals surface area contributed by atoms with Gasteiger partial charge >= 0.3 is 11.8 Å². The summed E-state index contributed by atoms with van der Waals surface area (Å²) in [4.78, 5) is 21.2. The van der Waals surface area contributed by atoms with Crippen molar-refractivity contribution >= 4 is 29.6 Å². The molecule has 18 heavy (non-hydrogen) atoms. The fourth-order valence-corrected chi connectivity index (χ4v) is 1.28. The second kappa shape index (κ2) is 5.87. The molecule has 2 amide bonds. The molecule has 7 nitrogen and oxygen atoms in total. The van der Waals surface area contributed by atoms with Crippen molar-refractivity contribution in [3.05, 3.63) is 22.7 Å². The molecule has 96 valence electrons. The highest BCUT2D eigenvalue weighted by atomic mass is 35.5. The summed E-state index contributed by atoms with van der Waals surface area (Å²) in [6.07, 6.45) is 1.10. The number of hydrogen-bond acceptors (Lipinski definition) is 5. The Kier molecular flexibility index (Phi) is 4.50. The molecular formula is C10H10ClN3O4. The normalized spacial score (nSPS) is 10.3. The Bertz CT molecular complexity index is 516. The number of nitrogens with zero attached hydrogens (tertiary/aromatic N) is 1. The van der Waals surface area contributed by atoms with E-state index in [4.69, 9.17) is 22.1 Å². The van der Waals surface area contributed by atoms with E-state index in [1.165, 1.54) is 19.2 Å². The van der Waals surface area contributed by atoms with Crippen LogP contribution in [-0.2, 0) is 9.59 Å². The third kappa shape index (κ3) is 3.36. The third-order valence-corrected chi connectivity index (χ3v) is 2.10. The smallest absolute Gasteiger partial charge is 0.329 e. The Balaban J connectivity index is 2.91. The van der Waals surface area contributed by atoms with Crippen molar-refractivity contribution in [3.8, 4) is 11.5 Å². The average molecular weight is 272 g/mol. The maximum absolute atomic E-state index is 10.8. The fraction of sp³-hybridized carbons (Fsp3) is 0.100. The number of phenols is 1. The number of nitrogens with one attached hydrogen (secondary N) is 1. The van der Waals surface area contributed by atoms with E-state index in [-0.39, 0.29) is 17.1 Å². The number of benzene rings is 1. The molecule has 1 rings (SSSR count). The first-order valence-electron chi connectivity index (χ1n) is 4.65. The van der Waals surface area contributed by atoms with E-state index in [1.807, 2.05) is 5.43 Å². The van der Waals surface area contributed by atoms with E-state index in [9.17, 15) is 14.7 Å². The van der Waals surface area contributed by atoms with Gasteiger partial charge in [0.15, 0.2) is 11.5 Å². The summed E-state index contributed by atoms with van der Waals surface area (Å²) in [5.41, 5.74) is 6.79. The minimum atomic E-state index is -1.17. The molecule has 0 fully saturated rings. The molecule has 0 aliphatic carbocycles. The van der Waals surface area contributed by atoms with Gasteiger partial charge in [-0.2, -0.15) is 5.10 Å². The van der Waals surface area contributed by atoms with E-state index in [0.29, 0.717) is 5.02 Å². The lowest BCUT2D eigenvalue weighted by molar-refractivity contribution is -0.137. The lowest BCUT2D eigenvalue weighted by atomic mass is 10.2. The highest BCUT2D eigenvalue weighted by molar-refractivity contribution is 6.34. The summed E-state index contributed by atoms with van der Waals surface area (Å²) < 4.78 is 4.87. The monoisotopic (exact) mass is 271 g/mol. The second-order valence-corrected chi connectivity index (χ2v) is 3.55. The quantitative estimate of drug-likeness (QED) is 0.407. The molecule has 0 saturated heterocycles. The van der Waals surface area contributed by atoms with Crippen molar-refractivity contribution in [1.82, 2.24) is 5.43 Å². The number of hydrazone groups is 1. The minimum Gasteiger partial charge on any atom is -0.504 e. The van der Waals surface area contributed by atoms with E-state index in [1.54, 1.807) is 0 Å². The fourth-order valence-electron chi connectivity index (χ4n) is 1.06. The molecule has 0 atom stereocenters. The molecule has 0 aliphatic rings. The van der Waals surface area contributed by atoms with Crippen LogP contribution in [0.5, 0.6) is 11.5 Å². The summed E-state index contributed by atoms with van der Waals surface area (Å²) in [7, 11) is 1.36.